The molecule has 0 heterocycles. The lowest BCUT2D eigenvalue weighted by Gasteiger charge is -2.09. The summed E-state index contributed by atoms with van der Waals surface area (Å²) < 4.78 is 4.55. The maximum atomic E-state index is 11.9. The maximum absolute atomic E-state index is 11.9. The van der Waals surface area contributed by atoms with Crippen LogP contribution in [-0.2, 0) is 9.53 Å². The van der Waals surface area contributed by atoms with Gasteiger partial charge in [-0.25, -0.2) is 0 Å². The van der Waals surface area contributed by atoms with Gasteiger partial charge in [0.25, 0.3) is 0 Å². The first-order chi connectivity index (χ1) is 7.97. The van der Waals surface area contributed by atoms with E-state index in [4.69, 9.17) is 23.2 Å². The molecule has 0 saturated heterocycles. The predicted octanol–water partition coefficient (Wildman–Crippen LogP) is 3.38. The van der Waals surface area contributed by atoms with Crippen molar-refractivity contribution < 1.29 is 14.3 Å². The van der Waals surface area contributed by atoms with Gasteiger partial charge < -0.3 is 4.74 Å². The number of carbonyl (C=O) groups is 2. The molecular formula is C12H12Cl2O3. The Kier molecular flexibility index (Phi) is 4.97. The lowest BCUT2D eigenvalue weighted by atomic mass is 10.00. The van der Waals surface area contributed by atoms with Crippen LogP contribution in [0.25, 0.3) is 0 Å². The normalized spacial score (nSPS) is 12.0. The predicted molar refractivity (Wildman–Crippen MR) is 66.6 cm³/mol. The van der Waals surface area contributed by atoms with Crippen LogP contribution in [0.15, 0.2) is 18.2 Å². The Hall–Kier alpha value is -1.06. The van der Waals surface area contributed by atoms with Crippen LogP contribution in [0.4, 0.5) is 0 Å². The number of rotatable bonds is 4. The summed E-state index contributed by atoms with van der Waals surface area (Å²) in [7, 11) is 1.29. The summed E-state index contributed by atoms with van der Waals surface area (Å²) in [5.74, 6) is -1.14. The van der Waals surface area contributed by atoms with Crippen molar-refractivity contribution in [3.05, 3.63) is 33.8 Å². The Balaban J connectivity index is 2.84. The number of esters is 1. The summed E-state index contributed by atoms with van der Waals surface area (Å²) in [6, 6.07) is 4.83. The molecule has 0 aliphatic heterocycles. The number of hydrogen-bond acceptors (Lipinski definition) is 3. The zero-order valence-corrected chi connectivity index (χ0v) is 11.0. The van der Waals surface area contributed by atoms with Gasteiger partial charge in [-0.2, -0.15) is 0 Å². The van der Waals surface area contributed by atoms with Crippen molar-refractivity contribution in [2.75, 3.05) is 7.11 Å². The number of ketones is 1. The molecule has 0 aromatic heterocycles. The Labute approximate surface area is 110 Å². The number of benzene rings is 1. The average Bonchev–Trinajstić information content (AvgIpc) is 2.31. The van der Waals surface area contributed by atoms with Crippen molar-refractivity contribution >= 4 is 35.0 Å². The van der Waals surface area contributed by atoms with Gasteiger partial charge in [-0.15, -0.1) is 0 Å². The number of methoxy groups -OCH3 is 1. The van der Waals surface area contributed by atoms with E-state index in [-0.39, 0.29) is 17.2 Å². The standard InChI is InChI=1S/C12H12Cl2O3/c1-7(12(16)17-2)6-10(15)8-4-3-5-9(13)11(8)14/h3-5,7H,6H2,1-2H3. The Morgan fingerprint density at radius 3 is 2.59 bits per heavy atom. The summed E-state index contributed by atoms with van der Waals surface area (Å²) in [6.07, 6.45) is 0.0483. The van der Waals surface area contributed by atoms with Gasteiger partial charge in [0.15, 0.2) is 5.78 Å². The number of Topliss-reactive ketones (excluding diaryl/α,β-unsaturated/α-hetero) is 1. The van der Waals surface area contributed by atoms with Gasteiger partial charge in [0, 0.05) is 12.0 Å². The molecule has 0 saturated carbocycles. The molecule has 0 radical (unpaired) electrons. The first-order valence-electron chi connectivity index (χ1n) is 5.02. The van der Waals surface area contributed by atoms with Crippen molar-refractivity contribution in [3.63, 3.8) is 0 Å². The SMILES string of the molecule is COC(=O)C(C)CC(=O)c1cccc(Cl)c1Cl. The van der Waals surface area contributed by atoms with Crippen molar-refractivity contribution in [2.24, 2.45) is 5.92 Å². The highest BCUT2D eigenvalue weighted by Gasteiger charge is 2.20. The fourth-order valence-electron chi connectivity index (χ4n) is 1.39. The largest absolute Gasteiger partial charge is 0.469 e. The van der Waals surface area contributed by atoms with Crippen molar-refractivity contribution in [2.45, 2.75) is 13.3 Å². The van der Waals surface area contributed by atoms with E-state index in [0.717, 1.165) is 0 Å². The summed E-state index contributed by atoms with van der Waals surface area (Å²) in [4.78, 5) is 23.1. The molecule has 0 aliphatic carbocycles. The van der Waals surface area contributed by atoms with Crippen LogP contribution in [0.3, 0.4) is 0 Å². The first-order valence-corrected chi connectivity index (χ1v) is 5.78. The van der Waals surface area contributed by atoms with Gasteiger partial charge >= 0.3 is 5.97 Å². The Bertz CT molecular complexity index is 443. The minimum absolute atomic E-state index is 0.0483. The molecule has 0 bridgehead atoms. The fraction of sp³-hybridized carbons (Fsp3) is 0.333. The summed E-state index contributed by atoms with van der Waals surface area (Å²) in [5, 5.41) is 0.541. The van der Waals surface area contributed by atoms with Crippen molar-refractivity contribution in [1.29, 1.82) is 0 Å². The number of carbonyl (C=O) groups excluding carboxylic acids is 2. The van der Waals surface area contributed by atoms with Gasteiger partial charge in [0.2, 0.25) is 0 Å². The monoisotopic (exact) mass is 274 g/mol. The Morgan fingerprint density at radius 2 is 2.00 bits per heavy atom. The van der Waals surface area contributed by atoms with Gasteiger partial charge in [-0.05, 0) is 12.1 Å². The molecule has 1 rings (SSSR count). The van der Waals surface area contributed by atoms with Crippen LogP contribution in [0, 0.1) is 5.92 Å². The smallest absolute Gasteiger partial charge is 0.308 e. The average molecular weight is 275 g/mol. The lowest BCUT2D eigenvalue weighted by Crippen LogP contribution is -2.17. The van der Waals surface area contributed by atoms with Crippen LogP contribution >= 0.6 is 23.2 Å². The third kappa shape index (κ3) is 3.45. The van der Waals surface area contributed by atoms with Crippen molar-refractivity contribution in [1.82, 2.24) is 0 Å². The molecule has 92 valence electrons. The van der Waals surface area contributed by atoms with E-state index in [1.807, 2.05) is 0 Å². The third-order valence-corrected chi connectivity index (χ3v) is 3.17. The summed E-state index contributed by atoms with van der Waals surface area (Å²) in [5.41, 5.74) is 0.329. The molecule has 0 aliphatic rings. The molecule has 1 aromatic rings. The number of ether oxygens (including phenoxy) is 1. The van der Waals surface area contributed by atoms with Gasteiger partial charge in [0.1, 0.15) is 0 Å². The highest BCUT2D eigenvalue weighted by atomic mass is 35.5. The fourth-order valence-corrected chi connectivity index (χ4v) is 1.80. The van der Waals surface area contributed by atoms with E-state index in [2.05, 4.69) is 4.74 Å². The van der Waals surface area contributed by atoms with Crippen LogP contribution in [0.5, 0.6) is 0 Å². The molecule has 0 N–H and O–H groups in total. The molecule has 5 heteroatoms. The lowest BCUT2D eigenvalue weighted by molar-refractivity contribution is -0.144. The van der Waals surface area contributed by atoms with E-state index in [1.54, 1.807) is 25.1 Å². The van der Waals surface area contributed by atoms with E-state index < -0.39 is 11.9 Å². The zero-order chi connectivity index (χ0) is 13.0. The topological polar surface area (TPSA) is 43.4 Å². The van der Waals surface area contributed by atoms with Gasteiger partial charge in [-0.1, -0.05) is 36.2 Å². The quantitative estimate of drug-likeness (QED) is 0.625. The van der Waals surface area contributed by atoms with E-state index >= 15 is 0 Å². The molecule has 1 atom stereocenters. The molecular weight excluding hydrogens is 263 g/mol. The third-order valence-electron chi connectivity index (χ3n) is 2.35. The first kappa shape index (κ1) is 14.0. The van der Waals surface area contributed by atoms with Crippen molar-refractivity contribution in [3.8, 4) is 0 Å². The van der Waals surface area contributed by atoms with Crippen LogP contribution in [-0.4, -0.2) is 18.9 Å². The van der Waals surface area contributed by atoms with Gasteiger partial charge in [0.05, 0.1) is 23.1 Å². The highest BCUT2D eigenvalue weighted by molar-refractivity contribution is 6.43. The minimum Gasteiger partial charge on any atom is -0.469 e. The molecule has 0 spiro atoms. The summed E-state index contributed by atoms with van der Waals surface area (Å²) in [6.45, 7) is 1.63. The van der Waals surface area contributed by atoms with Crippen LogP contribution in [0.1, 0.15) is 23.7 Å². The second-order valence-electron chi connectivity index (χ2n) is 3.65. The number of halogens is 2. The number of hydrogen-bond donors (Lipinski definition) is 0. The van der Waals surface area contributed by atoms with E-state index in [0.29, 0.717) is 10.6 Å². The molecule has 0 fully saturated rings. The zero-order valence-electron chi connectivity index (χ0n) is 9.50. The van der Waals surface area contributed by atoms with Crippen LogP contribution in [0.2, 0.25) is 10.0 Å². The maximum Gasteiger partial charge on any atom is 0.308 e. The Morgan fingerprint density at radius 1 is 1.35 bits per heavy atom. The molecule has 1 aromatic carbocycles. The molecule has 17 heavy (non-hydrogen) atoms. The second kappa shape index (κ2) is 6.03. The summed E-state index contributed by atoms with van der Waals surface area (Å²) >= 11 is 11.7. The van der Waals surface area contributed by atoms with E-state index in [1.165, 1.54) is 7.11 Å². The van der Waals surface area contributed by atoms with Gasteiger partial charge in [-0.3, -0.25) is 9.59 Å². The molecule has 0 amide bonds. The second-order valence-corrected chi connectivity index (χ2v) is 4.44. The molecule has 1 unspecified atom stereocenters. The highest BCUT2D eigenvalue weighted by Crippen LogP contribution is 2.27. The van der Waals surface area contributed by atoms with Crippen LogP contribution < -0.4 is 0 Å². The van der Waals surface area contributed by atoms with E-state index in [9.17, 15) is 9.59 Å². The molecule has 3 nitrogen and oxygen atoms in total. The minimum atomic E-state index is -0.498.